The van der Waals surface area contributed by atoms with Crippen molar-refractivity contribution in [3.63, 3.8) is 0 Å². The van der Waals surface area contributed by atoms with E-state index >= 15 is 0 Å². The van der Waals surface area contributed by atoms with Gasteiger partial charge in [-0.15, -0.1) is 0 Å². The van der Waals surface area contributed by atoms with Crippen molar-refractivity contribution in [3.05, 3.63) is 82.9 Å². The third kappa shape index (κ3) is 8.26. The first kappa shape index (κ1) is 45.4. The monoisotopic (exact) mass is 825 g/mol. The molecule has 16 nitrogen and oxygen atoms in total. The van der Waals surface area contributed by atoms with Crippen molar-refractivity contribution < 1.29 is 73.6 Å². The van der Waals surface area contributed by atoms with Crippen molar-refractivity contribution in [2.24, 2.45) is 16.7 Å². The molecule has 3 aliphatic carbocycles. The third-order valence-electron chi connectivity index (χ3n) is 12.3. The molecule has 0 heterocycles. The van der Waals surface area contributed by atoms with Crippen LogP contribution >= 0.6 is 0 Å². The van der Waals surface area contributed by atoms with E-state index in [1.807, 2.05) is 0 Å². The minimum Gasteiger partial charge on any atom is -0.463 e. The van der Waals surface area contributed by atoms with Crippen LogP contribution in [0.1, 0.15) is 90.2 Å². The Kier molecular flexibility index (Phi) is 12.6. The predicted molar refractivity (Wildman–Crippen MR) is 207 cm³/mol. The van der Waals surface area contributed by atoms with E-state index < -0.39 is 125 Å². The number of nitrogens with one attached hydrogen (secondary N) is 1. The van der Waals surface area contributed by atoms with Gasteiger partial charge in [0.25, 0.3) is 0 Å². The summed E-state index contributed by atoms with van der Waals surface area (Å²) in [6.45, 7) is 10.4. The standard InChI is InChI=1S/C43H55NO15/c1-22-26(57-37(52)32(49)30(24-15-11-9-12-16-24)44-38(53)59-39(3,4)5)20-43(55)35(58-36(51)25-17-13-10-14-18-25)33-41(8,34(50)31(48)29(22)40(43,6)7)27(46)19-28(47)42(33,54)21-56-23(2)45/h9-18,26-28,30-33,35,46-49,54-55H,19-21H2,1-8H3,(H,44,53)/t26-,27-,28+,30-,31+,32+,33-,35-,41+,42-,43+/m0/s1. The number of hydrogen-bond donors (Lipinski definition) is 7. The van der Waals surface area contributed by atoms with Gasteiger partial charge < -0.3 is 54.9 Å². The molecule has 11 atom stereocenters. The lowest BCUT2D eigenvalue weighted by atomic mass is 9.45. The summed E-state index contributed by atoms with van der Waals surface area (Å²) in [5, 5.41) is 75.2. The van der Waals surface area contributed by atoms with Crippen LogP contribution < -0.4 is 5.32 Å². The molecule has 2 bridgehead atoms. The summed E-state index contributed by atoms with van der Waals surface area (Å²) in [5.74, 6) is -6.38. The molecule has 0 radical (unpaired) electrons. The van der Waals surface area contributed by atoms with E-state index in [2.05, 4.69) is 5.32 Å². The fraction of sp³-hybridized carbons (Fsp3) is 0.558. The second kappa shape index (κ2) is 16.4. The molecule has 59 heavy (non-hydrogen) atoms. The summed E-state index contributed by atoms with van der Waals surface area (Å²) in [5.41, 5.74) is -10.1. The molecule has 0 aliphatic heterocycles. The number of rotatable bonds is 9. The maximum absolute atomic E-state index is 14.9. The van der Waals surface area contributed by atoms with Gasteiger partial charge in [0.05, 0.1) is 29.2 Å². The molecule has 2 saturated carbocycles. The zero-order chi connectivity index (χ0) is 44.0. The lowest BCUT2D eigenvalue weighted by Gasteiger charge is -2.64. The highest BCUT2D eigenvalue weighted by atomic mass is 16.6. The van der Waals surface area contributed by atoms with Gasteiger partial charge in [-0.3, -0.25) is 9.59 Å². The Morgan fingerprint density at radius 1 is 0.898 bits per heavy atom. The van der Waals surface area contributed by atoms with Gasteiger partial charge in [0.15, 0.2) is 11.9 Å². The lowest BCUT2D eigenvalue weighted by molar-refractivity contribution is -0.286. The van der Waals surface area contributed by atoms with Gasteiger partial charge in [-0.05, 0) is 63.5 Å². The molecule has 0 aromatic heterocycles. The molecule has 16 heteroatoms. The highest BCUT2D eigenvalue weighted by Crippen LogP contribution is 2.61. The largest absolute Gasteiger partial charge is 0.463 e. The normalized spacial score (nSPS) is 32.6. The SMILES string of the molecule is CC(=O)OC[C@]1(O)[C@H](O)C[C@H](O)[C@@]2(C)C(=O)[C@H](O)C3=C(C)[C@@H](OC(=O)[C@H](O)[C@@H](NC(=O)OC(C)(C)C)c4ccccc4)C[C@@](O)([C@@H](OC(=O)c4ccccc4)[C@H]12)C3(C)C. The zero-order valence-corrected chi connectivity index (χ0v) is 34.4. The number of ether oxygens (including phenoxy) is 4. The second-order valence-electron chi connectivity index (χ2n) is 17.5. The minimum atomic E-state index is -2.71. The van der Waals surface area contributed by atoms with Crippen LogP contribution in [0.2, 0.25) is 0 Å². The number of amides is 1. The summed E-state index contributed by atoms with van der Waals surface area (Å²) in [6, 6.07) is 14.1. The van der Waals surface area contributed by atoms with Gasteiger partial charge in [0.2, 0.25) is 0 Å². The van der Waals surface area contributed by atoms with Crippen LogP contribution in [-0.2, 0) is 33.3 Å². The minimum absolute atomic E-state index is 0.0252. The average Bonchev–Trinajstić information content (AvgIpc) is 3.16. The molecule has 1 amide bonds. The van der Waals surface area contributed by atoms with Crippen molar-refractivity contribution in [1.82, 2.24) is 5.32 Å². The summed E-state index contributed by atoms with van der Waals surface area (Å²) in [7, 11) is 0. The van der Waals surface area contributed by atoms with Gasteiger partial charge >= 0.3 is 24.0 Å². The molecular weight excluding hydrogens is 770 g/mol. The van der Waals surface area contributed by atoms with Crippen LogP contribution in [0.4, 0.5) is 4.79 Å². The van der Waals surface area contributed by atoms with Gasteiger partial charge in [-0.2, -0.15) is 0 Å². The number of carbonyl (C=O) groups excluding carboxylic acids is 5. The van der Waals surface area contributed by atoms with Crippen LogP contribution in [0.25, 0.3) is 0 Å². The molecule has 2 aromatic carbocycles. The first-order valence-corrected chi connectivity index (χ1v) is 19.4. The zero-order valence-electron chi connectivity index (χ0n) is 34.4. The Morgan fingerprint density at radius 3 is 2.03 bits per heavy atom. The summed E-state index contributed by atoms with van der Waals surface area (Å²) < 4.78 is 22.6. The summed E-state index contributed by atoms with van der Waals surface area (Å²) in [4.78, 5) is 68.0. The fourth-order valence-corrected chi connectivity index (χ4v) is 9.05. The molecule has 322 valence electrons. The smallest absolute Gasteiger partial charge is 0.408 e. The summed E-state index contributed by atoms with van der Waals surface area (Å²) in [6.07, 6.45) is -14.0. The van der Waals surface area contributed by atoms with Crippen LogP contribution in [0.5, 0.6) is 0 Å². The first-order valence-electron chi connectivity index (χ1n) is 19.4. The number of carbonyl (C=O) groups is 5. The molecule has 3 aliphatic rings. The Labute approximate surface area is 342 Å². The van der Waals surface area contributed by atoms with E-state index in [9.17, 15) is 54.6 Å². The number of fused-ring (bicyclic) bond motifs is 3. The number of hydrogen-bond acceptors (Lipinski definition) is 15. The molecule has 0 unspecified atom stereocenters. The maximum atomic E-state index is 14.9. The summed E-state index contributed by atoms with van der Waals surface area (Å²) >= 11 is 0. The number of ketones is 1. The average molecular weight is 826 g/mol. The molecule has 2 fully saturated rings. The third-order valence-corrected chi connectivity index (χ3v) is 12.3. The number of esters is 3. The molecule has 5 rings (SSSR count). The Morgan fingerprint density at radius 2 is 1.47 bits per heavy atom. The highest BCUT2D eigenvalue weighted by molar-refractivity contribution is 5.94. The Bertz CT molecular complexity index is 1960. The van der Waals surface area contributed by atoms with E-state index in [-0.39, 0.29) is 16.7 Å². The Hall–Kier alpha value is -4.71. The fourth-order valence-electron chi connectivity index (χ4n) is 9.05. The van der Waals surface area contributed by atoms with E-state index in [1.165, 1.54) is 52.0 Å². The number of aliphatic hydroxyl groups excluding tert-OH is 4. The number of alkyl carbamates (subject to hydrolysis) is 1. The molecule has 0 saturated heterocycles. The predicted octanol–water partition coefficient (Wildman–Crippen LogP) is 2.21. The number of benzene rings is 2. The van der Waals surface area contributed by atoms with Crippen LogP contribution in [-0.4, -0.2) is 120 Å². The maximum Gasteiger partial charge on any atom is 0.408 e. The van der Waals surface area contributed by atoms with Crippen molar-refractivity contribution in [2.75, 3.05) is 6.61 Å². The van der Waals surface area contributed by atoms with Crippen molar-refractivity contribution in [2.45, 2.75) is 128 Å². The number of aliphatic hydroxyl groups is 6. The van der Waals surface area contributed by atoms with Gasteiger partial charge in [-0.25, -0.2) is 14.4 Å². The van der Waals surface area contributed by atoms with Gasteiger partial charge in [-0.1, -0.05) is 62.4 Å². The number of Topliss-reactive ketones (excluding diaryl/α,β-unsaturated/α-hetero) is 1. The molecular formula is C43H55NO15. The second-order valence-corrected chi connectivity index (χ2v) is 17.5. The van der Waals surface area contributed by atoms with Crippen LogP contribution in [0.15, 0.2) is 71.8 Å². The molecule has 7 N–H and O–H groups in total. The van der Waals surface area contributed by atoms with Gasteiger partial charge in [0.1, 0.15) is 41.7 Å². The van der Waals surface area contributed by atoms with Crippen molar-refractivity contribution >= 4 is 29.8 Å². The van der Waals surface area contributed by atoms with Crippen molar-refractivity contribution in [1.29, 1.82) is 0 Å². The van der Waals surface area contributed by atoms with Crippen LogP contribution in [0, 0.1) is 16.7 Å². The van der Waals surface area contributed by atoms with E-state index in [0.29, 0.717) is 5.56 Å². The first-order chi connectivity index (χ1) is 27.3. The van der Waals surface area contributed by atoms with Crippen molar-refractivity contribution in [3.8, 4) is 0 Å². The molecule has 0 spiro atoms. The highest BCUT2D eigenvalue weighted by Gasteiger charge is 2.74. The lowest BCUT2D eigenvalue weighted by Crippen LogP contribution is -2.78. The van der Waals surface area contributed by atoms with Crippen LogP contribution in [0.3, 0.4) is 0 Å². The Balaban J connectivity index is 1.68. The van der Waals surface area contributed by atoms with E-state index in [0.717, 1.165) is 6.92 Å². The quantitative estimate of drug-likeness (QED) is 0.109. The van der Waals surface area contributed by atoms with Gasteiger partial charge in [0, 0.05) is 31.1 Å². The topological polar surface area (TPSA) is 256 Å². The van der Waals surface area contributed by atoms with E-state index in [1.54, 1.807) is 57.2 Å². The van der Waals surface area contributed by atoms with E-state index in [4.69, 9.17) is 18.9 Å². The molecule has 2 aromatic rings.